The maximum absolute atomic E-state index is 12.5. The van der Waals surface area contributed by atoms with Gasteiger partial charge in [-0.05, 0) is 25.8 Å². The van der Waals surface area contributed by atoms with Crippen molar-refractivity contribution in [1.82, 2.24) is 10.2 Å². The maximum atomic E-state index is 12.5. The number of aliphatic hydroxyl groups is 1. The molecule has 0 saturated carbocycles. The van der Waals surface area contributed by atoms with E-state index in [1.807, 2.05) is 4.90 Å². The van der Waals surface area contributed by atoms with Crippen molar-refractivity contribution in [2.24, 2.45) is 5.41 Å². The second-order valence-corrected chi connectivity index (χ2v) is 4.58. The number of nitrogens with one attached hydrogen (secondary N) is 1. The molecule has 1 amide bonds. The molecule has 1 heterocycles. The second-order valence-electron chi connectivity index (χ2n) is 4.58. The summed E-state index contributed by atoms with van der Waals surface area (Å²) in [5.41, 5.74) is -0.218. The zero-order valence-corrected chi connectivity index (χ0v) is 10.5. The van der Waals surface area contributed by atoms with Gasteiger partial charge in [-0.3, -0.25) is 4.79 Å². The molecule has 2 N–H and O–H groups in total. The number of rotatable bonds is 6. The number of aliphatic hydroxyl groups excluding tert-OH is 1. The smallest absolute Gasteiger partial charge is 0.230 e. The van der Waals surface area contributed by atoms with Crippen LogP contribution >= 0.6 is 0 Å². The van der Waals surface area contributed by atoms with Crippen LogP contribution in [-0.4, -0.2) is 48.7 Å². The van der Waals surface area contributed by atoms with Crippen LogP contribution in [0.2, 0.25) is 0 Å². The van der Waals surface area contributed by atoms with Gasteiger partial charge in [0.15, 0.2) is 0 Å². The summed E-state index contributed by atoms with van der Waals surface area (Å²) in [7, 11) is 0. The third-order valence-electron chi connectivity index (χ3n) is 3.52. The summed E-state index contributed by atoms with van der Waals surface area (Å²) in [5, 5.41) is 12.3. The van der Waals surface area contributed by atoms with E-state index in [1.54, 1.807) is 0 Å². The molecule has 1 fully saturated rings. The van der Waals surface area contributed by atoms with Crippen LogP contribution in [0, 0.1) is 5.41 Å². The van der Waals surface area contributed by atoms with Crippen LogP contribution in [0.4, 0.5) is 0 Å². The topological polar surface area (TPSA) is 52.6 Å². The van der Waals surface area contributed by atoms with Crippen LogP contribution in [0.5, 0.6) is 0 Å². The van der Waals surface area contributed by atoms with E-state index in [9.17, 15) is 4.79 Å². The summed E-state index contributed by atoms with van der Waals surface area (Å²) >= 11 is 0. The summed E-state index contributed by atoms with van der Waals surface area (Å²) < 4.78 is 0. The molecule has 1 atom stereocenters. The molecule has 1 aliphatic rings. The van der Waals surface area contributed by atoms with Gasteiger partial charge in [-0.1, -0.05) is 13.8 Å². The number of hydrogen-bond donors (Lipinski definition) is 2. The zero-order valence-electron chi connectivity index (χ0n) is 10.5. The molecule has 16 heavy (non-hydrogen) atoms. The number of nitrogens with zero attached hydrogens (tertiary/aromatic N) is 1. The molecule has 0 bridgehead atoms. The van der Waals surface area contributed by atoms with Crippen LogP contribution in [-0.2, 0) is 4.79 Å². The van der Waals surface area contributed by atoms with E-state index >= 15 is 0 Å². The van der Waals surface area contributed by atoms with Crippen LogP contribution < -0.4 is 5.32 Å². The molecule has 0 aromatic rings. The predicted molar refractivity (Wildman–Crippen MR) is 64.2 cm³/mol. The normalized spacial score (nSPS) is 24.7. The number of carbonyl (C=O) groups excluding carboxylic acids is 1. The number of hydrogen-bond acceptors (Lipinski definition) is 3. The predicted octanol–water partition coefficient (Wildman–Crippen LogP) is 0.607. The van der Waals surface area contributed by atoms with E-state index in [-0.39, 0.29) is 17.9 Å². The van der Waals surface area contributed by atoms with Gasteiger partial charge in [0.25, 0.3) is 0 Å². The molecular formula is C12H24N2O2. The van der Waals surface area contributed by atoms with E-state index in [0.29, 0.717) is 6.54 Å². The first-order valence-electron chi connectivity index (χ1n) is 6.31. The van der Waals surface area contributed by atoms with Gasteiger partial charge in [-0.2, -0.15) is 0 Å². The van der Waals surface area contributed by atoms with Crippen LogP contribution in [0.3, 0.4) is 0 Å². The number of amides is 1. The molecule has 0 aromatic carbocycles. The van der Waals surface area contributed by atoms with Crippen molar-refractivity contribution in [3.63, 3.8) is 0 Å². The van der Waals surface area contributed by atoms with Gasteiger partial charge < -0.3 is 15.3 Å². The van der Waals surface area contributed by atoms with Crippen molar-refractivity contribution < 1.29 is 9.90 Å². The lowest BCUT2D eigenvalue weighted by Gasteiger charge is -2.32. The van der Waals surface area contributed by atoms with Gasteiger partial charge in [0.05, 0.1) is 12.0 Å². The van der Waals surface area contributed by atoms with Gasteiger partial charge in [0.2, 0.25) is 5.91 Å². The SMILES string of the molecule is CCCN(CCO)C(=O)C1(CC)CCNC1. The minimum Gasteiger partial charge on any atom is -0.395 e. The Kier molecular flexibility index (Phi) is 5.22. The third kappa shape index (κ3) is 2.74. The minimum atomic E-state index is -0.218. The molecule has 0 aromatic heterocycles. The highest BCUT2D eigenvalue weighted by molar-refractivity contribution is 5.83. The first kappa shape index (κ1) is 13.5. The van der Waals surface area contributed by atoms with E-state index < -0.39 is 0 Å². The monoisotopic (exact) mass is 228 g/mol. The quantitative estimate of drug-likeness (QED) is 0.700. The fraction of sp³-hybridized carbons (Fsp3) is 0.917. The van der Waals surface area contributed by atoms with Crippen molar-refractivity contribution in [3.05, 3.63) is 0 Å². The van der Waals surface area contributed by atoms with Crippen LogP contribution in [0.1, 0.15) is 33.1 Å². The van der Waals surface area contributed by atoms with E-state index in [2.05, 4.69) is 19.2 Å². The Labute approximate surface area is 98.0 Å². The third-order valence-corrected chi connectivity index (χ3v) is 3.52. The van der Waals surface area contributed by atoms with Gasteiger partial charge in [0, 0.05) is 19.6 Å². The molecule has 1 aliphatic heterocycles. The van der Waals surface area contributed by atoms with Gasteiger partial charge in [0.1, 0.15) is 0 Å². The Hall–Kier alpha value is -0.610. The molecule has 0 spiro atoms. The van der Waals surface area contributed by atoms with E-state index in [4.69, 9.17) is 5.11 Å². The molecular weight excluding hydrogens is 204 g/mol. The highest BCUT2D eigenvalue weighted by Gasteiger charge is 2.41. The molecule has 0 radical (unpaired) electrons. The first-order chi connectivity index (χ1) is 7.70. The van der Waals surface area contributed by atoms with Crippen molar-refractivity contribution in [1.29, 1.82) is 0 Å². The Morgan fingerprint density at radius 1 is 1.44 bits per heavy atom. The average molecular weight is 228 g/mol. The summed E-state index contributed by atoms with van der Waals surface area (Å²) in [6.07, 6.45) is 2.75. The Balaban J connectivity index is 2.70. The first-order valence-corrected chi connectivity index (χ1v) is 6.31. The van der Waals surface area contributed by atoms with E-state index in [1.165, 1.54) is 0 Å². The summed E-state index contributed by atoms with van der Waals surface area (Å²) in [6.45, 7) is 7.12. The van der Waals surface area contributed by atoms with Crippen LogP contribution in [0.15, 0.2) is 0 Å². The average Bonchev–Trinajstić information content (AvgIpc) is 2.77. The van der Waals surface area contributed by atoms with Gasteiger partial charge in [-0.25, -0.2) is 0 Å². The van der Waals surface area contributed by atoms with Gasteiger partial charge >= 0.3 is 0 Å². The zero-order chi connectivity index (χ0) is 12.0. The molecule has 1 unspecified atom stereocenters. The summed E-state index contributed by atoms with van der Waals surface area (Å²) in [5.74, 6) is 0.218. The standard InChI is InChI=1S/C12H24N2O2/c1-3-7-14(8-9-15)11(16)12(4-2)5-6-13-10-12/h13,15H,3-10H2,1-2H3. The molecule has 94 valence electrons. The molecule has 1 rings (SSSR count). The van der Waals surface area contributed by atoms with Crippen molar-refractivity contribution in [2.75, 3.05) is 32.8 Å². The van der Waals surface area contributed by atoms with Gasteiger partial charge in [-0.15, -0.1) is 0 Å². The molecule has 4 nitrogen and oxygen atoms in total. The minimum absolute atomic E-state index is 0.0545. The van der Waals surface area contributed by atoms with Crippen molar-refractivity contribution >= 4 is 5.91 Å². The molecule has 0 aliphatic carbocycles. The maximum Gasteiger partial charge on any atom is 0.230 e. The Bertz CT molecular complexity index is 219. The lowest BCUT2D eigenvalue weighted by molar-refractivity contribution is -0.142. The molecule has 1 saturated heterocycles. The highest BCUT2D eigenvalue weighted by atomic mass is 16.3. The van der Waals surface area contributed by atoms with Crippen LogP contribution in [0.25, 0.3) is 0 Å². The van der Waals surface area contributed by atoms with Crippen molar-refractivity contribution in [2.45, 2.75) is 33.1 Å². The summed E-state index contributed by atoms with van der Waals surface area (Å²) in [4.78, 5) is 14.3. The lowest BCUT2D eigenvalue weighted by Crippen LogP contribution is -2.46. The van der Waals surface area contributed by atoms with E-state index in [0.717, 1.165) is 38.9 Å². The Morgan fingerprint density at radius 2 is 2.19 bits per heavy atom. The highest BCUT2D eigenvalue weighted by Crippen LogP contribution is 2.31. The largest absolute Gasteiger partial charge is 0.395 e. The number of carbonyl (C=O) groups is 1. The van der Waals surface area contributed by atoms with Crippen molar-refractivity contribution in [3.8, 4) is 0 Å². The fourth-order valence-corrected chi connectivity index (χ4v) is 2.42. The second kappa shape index (κ2) is 6.21. The summed E-state index contributed by atoms with van der Waals surface area (Å²) in [6, 6.07) is 0. The lowest BCUT2D eigenvalue weighted by atomic mass is 9.82. The Morgan fingerprint density at radius 3 is 2.62 bits per heavy atom. The molecule has 4 heteroatoms. The fourth-order valence-electron chi connectivity index (χ4n) is 2.42.